The van der Waals surface area contributed by atoms with Crippen molar-refractivity contribution in [3.8, 4) is 0 Å². The molecule has 1 aliphatic heterocycles. The number of carbonyl (C=O) groups excluding carboxylic acids is 1. The number of carboxylic acids is 1. The van der Waals surface area contributed by atoms with E-state index in [2.05, 4.69) is 5.32 Å². The highest BCUT2D eigenvalue weighted by Gasteiger charge is 2.31. The maximum atomic E-state index is 12.8. The van der Waals surface area contributed by atoms with Crippen LogP contribution < -0.4 is 5.32 Å². The van der Waals surface area contributed by atoms with Crippen LogP contribution in [0.3, 0.4) is 0 Å². The van der Waals surface area contributed by atoms with Crippen molar-refractivity contribution in [3.05, 3.63) is 29.8 Å². The molecule has 1 heterocycles. The van der Waals surface area contributed by atoms with Crippen LogP contribution in [0, 0.1) is 5.92 Å². The Bertz CT molecular complexity index is 774. The van der Waals surface area contributed by atoms with Gasteiger partial charge < -0.3 is 10.4 Å². The first kappa shape index (κ1) is 21.4. The molecule has 0 aromatic heterocycles. The van der Waals surface area contributed by atoms with Crippen LogP contribution in [0.5, 0.6) is 0 Å². The summed E-state index contributed by atoms with van der Waals surface area (Å²) in [5.41, 5.74) is 0.232. The van der Waals surface area contributed by atoms with Crippen LogP contribution in [0.2, 0.25) is 0 Å². The highest BCUT2D eigenvalue weighted by atomic mass is 32.2. The lowest BCUT2D eigenvalue weighted by molar-refractivity contribution is -0.139. The average molecular weight is 397 g/mol. The predicted molar refractivity (Wildman–Crippen MR) is 102 cm³/mol. The van der Waals surface area contributed by atoms with Gasteiger partial charge in [-0.05, 0) is 56.4 Å². The SMILES string of the molecule is CC(C)C[C@@H](NC(=O)c1ccc(S(=O)(=O)N2CCCCC2C)cc1)C(=O)O. The number of carbonyl (C=O) groups is 2. The van der Waals surface area contributed by atoms with E-state index in [0.717, 1.165) is 19.3 Å². The van der Waals surface area contributed by atoms with Crippen LogP contribution in [0.1, 0.15) is 56.8 Å². The van der Waals surface area contributed by atoms with Gasteiger partial charge in [0.2, 0.25) is 10.0 Å². The van der Waals surface area contributed by atoms with Gasteiger partial charge in [0.25, 0.3) is 5.91 Å². The number of amides is 1. The maximum Gasteiger partial charge on any atom is 0.326 e. The summed E-state index contributed by atoms with van der Waals surface area (Å²) in [4.78, 5) is 23.8. The molecule has 1 aromatic rings. The van der Waals surface area contributed by atoms with Gasteiger partial charge in [0.05, 0.1) is 4.90 Å². The topological polar surface area (TPSA) is 104 Å². The highest BCUT2D eigenvalue weighted by Crippen LogP contribution is 2.25. The van der Waals surface area contributed by atoms with E-state index in [1.807, 2.05) is 20.8 Å². The van der Waals surface area contributed by atoms with E-state index in [9.17, 15) is 23.1 Å². The number of nitrogens with one attached hydrogen (secondary N) is 1. The van der Waals surface area contributed by atoms with Crippen molar-refractivity contribution in [2.75, 3.05) is 6.54 Å². The van der Waals surface area contributed by atoms with E-state index < -0.39 is 27.9 Å². The maximum absolute atomic E-state index is 12.8. The van der Waals surface area contributed by atoms with Crippen molar-refractivity contribution >= 4 is 21.9 Å². The van der Waals surface area contributed by atoms with E-state index >= 15 is 0 Å². The minimum Gasteiger partial charge on any atom is -0.480 e. The van der Waals surface area contributed by atoms with Crippen LogP contribution >= 0.6 is 0 Å². The Morgan fingerprint density at radius 3 is 2.37 bits per heavy atom. The second kappa shape index (κ2) is 8.84. The zero-order valence-corrected chi connectivity index (χ0v) is 16.8. The molecule has 150 valence electrons. The number of aliphatic carboxylic acids is 1. The third-order valence-electron chi connectivity index (χ3n) is 4.78. The molecule has 0 bridgehead atoms. The minimum atomic E-state index is -3.60. The lowest BCUT2D eigenvalue weighted by Gasteiger charge is -2.32. The molecule has 0 spiro atoms. The van der Waals surface area contributed by atoms with Crippen molar-refractivity contribution < 1.29 is 23.1 Å². The molecule has 2 rings (SSSR count). The smallest absolute Gasteiger partial charge is 0.326 e. The van der Waals surface area contributed by atoms with Gasteiger partial charge in [-0.15, -0.1) is 0 Å². The Kier molecular flexibility index (Phi) is 7.00. The summed E-state index contributed by atoms with van der Waals surface area (Å²) in [5.74, 6) is -1.50. The molecular weight excluding hydrogens is 368 g/mol. The molecule has 1 aliphatic rings. The van der Waals surface area contributed by atoms with Crippen molar-refractivity contribution in [2.45, 2.75) is 63.4 Å². The van der Waals surface area contributed by atoms with Crippen molar-refractivity contribution in [1.82, 2.24) is 9.62 Å². The number of nitrogens with zero attached hydrogens (tertiary/aromatic N) is 1. The Hall–Kier alpha value is -1.93. The van der Waals surface area contributed by atoms with Crippen LogP contribution in [-0.4, -0.2) is 48.3 Å². The molecule has 1 fully saturated rings. The molecule has 8 heteroatoms. The number of hydrogen-bond acceptors (Lipinski definition) is 4. The van der Waals surface area contributed by atoms with E-state index in [0.29, 0.717) is 13.0 Å². The number of benzene rings is 1. The first-order valence-electron chi connectivity index (χ1n) is 9.28. The Morgan fingerprint density at radius 1 is 1.22 bits per heavy atom. The fraction of sp³-hybridized carbons (Fsp3) is 0.579. The van der Waals surface area contributed by atoms with Gasteiger partial charge in [0.1, 0.15) is 6.04 Å². The van der Waals surface area contributed by atoms with E-state index in [-0.39, 0.29) is 22.4 Å². The minimum absolute atomic E-state index is 0.0425. The molecule has 1 amide bonds. The largest absolute Gasteiger partial charge is 0.480 e. The summed E-state index contributed by atoms with van der Waals surface area (Å²) in [5, 5.41) is 11.7. The monoisotopic (exact) mass is 396 g/mol. The molecule has 1 aromatic carbocycles. The molecule has 0 radical (unpaired) electrons. The van der Waals surface area contributed by atoms with Gasteiger partial charge in [-0.3, -0.25) is 4.79 Å². The summed E-state index contributed by atoms with van der Waals surface area (Å²) in [6, 6.07) is 4.64. The van der Waals surface area contributed by atoms with E-state index in [4.69, 9.17) is 0 Å². The summed E-state index contributed by atoms with van der Waals surface area (Å²) in [6.45, 7) is 6.16. The summed E-state index contributed by atoms with van der Waals surface area (Å²) < 4.78 is 27.1. The third kappa shape index (κ3) is 5.29. The number of rotatable bonds is 7. The molecule has 2 N–H and O–H groups in total. The number of carboxylic acid groups (broad SMARTS) is 1. The Labute approximate surface area is 160 Å². The summed E-state index contributed by atoms with van der Waals surface area (Å²) in [6.07, 6.45) is 3.02. The number of sulfonamides is 1. The number of piperidine rings is 1. The second-order valence-corrected chi connectivity index (χ2v) is 9.37. The van der Waals surface area contributed by atoms with Gasteiger partial charge >= 0.3 is 5.97 Å². The van der Waals surface area contributed by atoms with Crippen LogP contribution in [-0.2, 0) is 14.8 Å². The first-order valence-corrected chi connectivity index (χ1v) is 10.7. The average Bonchev–Trinajstić information content (AvgIpc) is 2.61. The zero-order chi connectivity index (χ0) is 20.2. The van der Waals surface area contributed by atoms with Crippen molar-refractivity contribution in [2.24, 2.45) is 5.92 Å². The normalized spacial score (nSPS) is 19.6. The standard InChI is InChI=1S/C19H28N2O5S/c1-13(2)12-17(19(23)24)20-18(22)15-7-9-16(10-8-15)27(25,26)21-11-5-4-6-14(21)3/h7-10,13-14,17H,4-6,11-12H2,1-3H3,(H,20,22)(H,23,24)/t14?,17-/m1/s1. The fourth-order valence-electron chi connectivity index (χ4n) is 3.28. The Balaban J connectivity index is 2.14. The van der Waals surface area contributed by atoms with Gasteiger partial charge in [-0.1, -0.05) is 20.3 Å². The van der Waals surface area contributed by atoms with Crippen molar-refractivity contribution in [3.63, 3.8) is 0 Å². The molecular formula is C19H28N2O5S. The van der Waals surface area contributed by atoms with Gasteiger partial charge in [0.15, 0.2) is 0 Å². The molecule has 27 heavy (non-hydrogen) atoms. The molecule has 0 saturated carbocycles. The molecule has 1 saturated heterocycles. The lowest BCUT2D eigenvalue weighted by Crippen LogP contribution is -2.42. The first-order chi connectivity index (χ1) is 12.6. The van der Waals surface area contributed by atoms with Crippen LogP contribution in [0.4, 0.5) is 0 Å². The second-order valence-electron chi connectivity index (χ2n) is 7.48. The lowest BCUT2D eigenvalue weighted by atomic mass is 10.0. The predicted octanol–water partition coefficient (Wildman–Crippen LogP) is 2.48. The molecule has 0 aliphatic carbocycles. The Morgan fingerprint density at radius 2 is 1.85 bits per heavy atom. The highest BCUT2D eigenvalue weighted by molar-refractivity contribution is 7.89. The van der Waals surface area contributed by atoms with Crippen LogP contribution in [0.15, 0.2) is 29.2 Å². The summed E-state index contributed by atoms with van der Waals surface area (Å²) >= 11 is 0. The number of hydrogen-bond donors (Lipinski definition) is 2. The van der Waals surface area contributed by atoms with Crippen LogP contribution in [0.25, 0.3) is 0 Å². The van der Waals surface area contributed by atoms with Gasteiger partial charge in [-0.25, -0.2) is 13.2 Å². The zero-order valence-electron chi connectivity index (χ0n) is 16.0. The summed E-state index contributed by atoms with van der Waals surface area (Å²) in [7, 11) is -3.60. The fourth-order valence-corrected chi connectivity index (χ4v) is 4.98. The third-order valence-corrected chi connectivity index (χ3v) is 6.80. The van der Waals surface area contributed by atoms with Gasteiger partial charge in [0, 0.05) is 18.2 Å². The molecule has 2 atom stereocenters. The molecule has 7 nitrogen and oxygen atoms in total. The molecule has 1 unspecified atom stereocenters. The van der Waals surface area contributed by atoms with E-state index in [1.54, 1.807) is 0 Å². The van der Waals surface area contributed by atoms with Crippen molar-refractivity contribution in [1.29, 1.82) is 0 Å². The quantitative estimate of drug-likeness (QED) is 0.737. The van der Waals surface area contributed by atoms with Gasteiger partial charge in [-0.2, -0.15) is 4.31 Å². The van der Waals surface area contributed by atoms with E-state index in [1.165, 1.54) is 28.6 Å².